The molecule has 0 unspecified atom stereocenters. The lowest BCUT2D eigenvalue weighted by Crippen LogP contribution is -2.30. The van der Waals surface area contributed by atoms with Gasteiger partial charge in [-0.15, -0.1) is 0 Å². The van der Waals surface area contributed by atoms with E-state index in [0.717, 1.165) is 43.7 Å². The lowest BCUT2D eigenvalue weighted by Gasteiger charge is -2.20. The molecule has 5 nitrogen and oxygen atoms in total. The van der Waals surface area contributed by atoms with Crippen LogP contribution in [0, 0.1) is 5.82 Å². The molecular formula is C24H30FN3O2. The lowest BCUT2D eigenvalue weighted by atomic mass is 9.93. The molecule has 0 atom stereocenters. The molecule has 6 heteroatoms. The molecule has 0 saturated heterocycles. The van der Waals surface area contributed by atoms with Gasteiger partial charge in [0.05, 0.1) is 0 Å². The molecule has 1 aliphatic rings. The van der Waals surface area contributed by atoms with Crippen molar-refractivity contribution in [3.8, 4) is 5.75 Å². The molecule has 2 aromatic carbocycles. The molecule has 0 spiro atoms. The molecule has 0 aliphatic carbocycles. The summed E-state index contributed by atoms with van der Waals surface area (Å²) in [6, 6.07) is 9.65. The van der Waals surface area contributed by atoms with Crippen LogP contribution in [-0.2, 0) is 0 Å². The van der Waals surface area contributed by atoms with Gasteiger partial charge >= 0.3 is 0 Å². The largest absolute Gasteiger partial charge is 0.507 e. The van der Waals surface area contributed by atoms with Crippen LogP contribution in [0.2, 0.25) is 0 Å². The average molecular weight is 412 g/mol. The van der Waals surface area contributed by atoms with Gasteiger partial charge < -0.3 is 20.6 Å². The molecule has 2 aromatic rings. The highest BCUT2D eigenvalue weighted by Crippen LogP contribution is 2.36. The minimum Gasteiger partial charge on any atom is -0.507 e. The third-order valence-electron chi connectivity index (χ3n) is 5.37. The zero-order valence-corrected chi connectivity index (χ0v) is 17.7. The topological polar surface area (TPSA) is 64.6 Å². The fraction of sp³-hybridized carbons (Fsp3) is 0.375. The number of carbonyl (C=O) groups excluding carboxylic acids is 1. The fourth-order valence-corrected chi connectivity index (χ4v) is 3.72. The van der Waals surface area contributed by atoms with Crippen molar-refractivity contribution in [2.24, 2.45) is 0 Å². The van der Waals surface area contributed by atoms with Crippen LogP contribution in [0.25, 0.3) is 5.57 Å². The van der Waals surface area contributed by atoms with E-state index in [1.54, 1.807) is 23.1 Å². The van der Waals surface area contributed by atoms with Crippen molar-refractivity contribution in [3.05, 3.63) is 65.0 Å². The third kappa shape index (κ3) is 5.00. The number of anilines is 1. The second-order valence-corrected chi connectivity index (χ2v) is 7.34. The number of carbonyl (C=O) groups is 1. The first-order chi connectivity index (χ1) is 14.5. The maximum Gasteiger partial charge on any atom is 0.253 e. The Kier molecular flexibility index (Phi) is 7.46. The van der Waals surface area contributed by atoms with Gasteiger partial charge in [-0.2, -0.15) is 0 Å². The number of hydrogen-bond acceptors (Lipinski definition) is 4. The molecule has 0 saturated carbocycles. The summed E-state index contributed by atoms with van der Waals surface area (Å²) in [5, 5.41) is 17.6. The first-order valence-electron chi connectivity index (χ1n) is 10.6. The Bertz CT molecular complexity index is 923. The lowest BCUT2D eigenvalue weighted by molar-refractivity contribution is 0.0772. The van der Waals surface area contributed by atoms with Crippen LogP contribution in [-0.4, -0.2) is 48.6 Å². The van der Waals surface area contributed by atoms with Crippen LogP contribution in [0.3, 0.4) is 0 Å². The number of benzene rings is 2. The van der Waals surface area contributed by atoms with Crippen LogP contribution in [0.4, 0.5) is 10.1 Å². The summed E-state index contributed by atoms with van der Waals surface area (Å²) < 4.78 is 14.1. The van der Waals surface area contributed by atoms with Crippen LogP contribution in [0.15, 0.2) is 42.5 Å². The van der Waals surface area contributed by atoms with Crippen molar-refractivity contribution >= 4 is 17.2 Å². The summed E-state index contributed by atoms with van der Waals surface area (Å²) in [7, 11) is 0. The number of nitrogens with zero attached hydrogens (tertiary/aromatic N) is 1. The quantitative estimate of drug-likeness (QED) is 0.704. The van der Waals surface area contributed by atoms with E-state index in [-0.39, 0.29) is 17.5 Å². The molecule has 30 heavy (non-hydrogen) atoms. The minimum absolute atomic E-state index is 0.0114. The van der Waals surface area contributed by atoms with Gasteiger partial charge in [-0.1, -0.05) is 6.08 Å². The molecule has 3 N–H and O–H groups in total. The molecule has 0 aromatic heterocycles. The molecule has 1 aliphatic heterocycles. The molecule has 0 fully saturated rings. The van der Waals surface area contributed by atoms with Crippen molar-refractivity contribution in [3.63, 3.8) is 0 Å². The zero-order chi connectivity index (χ0) is 21.5. The fourth-order valence-electron chi connectivity index (χ4n) is 3.72. The van der Waals surface area contributed by atoms with E-state index in [1.807, 2.05) is 19.9 Å². The summed E-state index contributed by atoms with van der Waals surface area (Å²) in [4.78, 5) is 14.4. The monoisotopic (exact) mass is 411 g/mol. The Morgan fingerprint density at radius 2 is 1.87 bits per heavy atom. The second-order valence-electron chi connectivity index (χ2n) is 7.34. The number of phenolic OH excluding ortho intramolecular Hbond substituents is 1. The summed E-state index contributed by atoms with van der Waals surface area (Å²) in [6.45, 7) is 7.53. The van der Waals surface area contributed by atoms with Crippen molar-refractivity contribution in [1.29, 1.82) is 0 Å². The number of hydrogen-bond donors (Lipinski definition) is 3. The summed E-state index contributed by atoms with van der Waals surface area (Å²) >= 11 is 0. The molecule has 160 valence electrons. The standard InChI is InChI=1S/C24H30FN3O2/c1-3-28(4-2)24(30)17-8-10-20(23(29)15-17)19-7-5-12-26-13-6-14-27-22-11-9-18(25)16-21(19)22/h7-11,15-16,26-27,29H,3-6,12-14H2,1-2H3/b19-7-. The predicted molar refractivity (Wildman–Crippen MR) is 119 cm³/mol. The third-order valence-corrected chi connectivity index (χ3v) is 5.37. The number of rotatable bonds is 4. The second kappa shape index (κ2) is 10.3. The normalized spacial score (nSPS) is 16.4. The SMILES string of the molecule is CCN(CC)C(=O)c1ccc(/C2=C/CCNCCCNc3ccc(F)cc32)c(O)c1. The van der Waals surface area contributed by atoms with Crippen molar-refractivity contribution in [2.45, 2.75) is 26.7 Å². The van der Waals surface area contributed by atoms with Crippen LogP contribution < -0.4 is 10.6 Å². The highest BCUT2D eigenvalue weighted by molar-refractivity contribution is 5.96. The molecular weight excluding hydrogens is 381 g/mol. The van der Waals surface area contributed by atoms with E-state index >= 15 is 0 Å². The Morgan fingerprint density at radius 1 is 1.07 bits per heavy atom. The summed E-state index contributed by atoms with van der Waals surface area (Å²) in [5.41, 5.74) is 3.30. The van der Waals surface area contributed by atoms with Gasteiger partial charge in [0.1, 0.15) is 11.6 Å². The minimum atomic E-state index is -0.331. The Labute approximate surface area is 177 Å². The number of amides is 1. The number of nitrogens with one attached hydrogen (secondary N) is 2. The first kappa shape index (κ1) is 21.8. The van der Waals surface area contributed by atoms with E-state index in [9.17, 15) is 14.3 Å². The molecule has 0 bridgehead atoms. The van der Waals surface area contributed by atoms with Gasteiger partial charge in [0.25, 0.3) is 5.91 Å². The van der Waals surface area contributed by atoms with Crippen molar-refractivity contribution in [1.82, 2.24) is 10.2 Å². The molecule has 0 radical (unpaired) electrons. The summed E-state index contributed by atoms with van der Waals surface area (Å²) in [5.74, 6) is -0.435. The first-order valence-corrected chi connectivity index (χ1v) is 10.6. The Morgan fingerprint density at radius 3 is 2.60 bits per heavy atom. The van der Waals surface area contributed by atoms with E-state index in [2.05, 4.69) is 10.6 Å². The van der Waals surface area contributed by atoms with Gasteiger partial charge in [0, 0.05) is 42.0 Å². The van der Waals surface area contributed by atoms with Gasteiger partial charge in [0.2, 0.25) is 0 Å². The van der Waals surface area contributed by atoms with Gasteiger partial charge in [-0.25, -0.2) is 4.39 Å². The predicted octanol–water partition coefficient (Wildman–Crippen LogP) is 4.24. The highest BCUT2D eigenvalue weighted by Gasteiger charge is 2.18. The number of halogens is 1. The van der Waals surface area contributed by atoms with Gasteiger partial charge in [-0.3, -0.25) is 4.79 Å². The maximum absolute atomic E-state index is 14.1. The summed E-state index contributed by atoms with van der Waals surface area (Å²) in [6.07, 6.45) is 3.71. The average Bonchev–Trinajstić information content (AvgIpc) is 2.79. The molecule has 1 heterocycles. The van der Waals surface area contributed by atoms with Crippen LogP contribution in [0.1, 0.15) is 48.2 Å². The van der Waals surface area contributed by atoms with Crippen LogP contribution in [0.5, 0.6) is 5.75 Å². The number of fused-ring (bicyclic) bond motifs is 1. The van der Waals surface area contributed by atoms with Crippen molar-refractivity contribution in [2.75, 3.05) is 38.0 Å². The number of phenols is 1. The van der Waals surface area contributed by atoms with E-state index in [0.29, 0.717) is 29.8 Å². The Hall–Kier alpha value is -2.86. The number of aromatic hydroxyl groups is 1. The van der Waals surface area contributed by atoms with Gasteiger partial charge in [-0.05, 0) is 81.7 Å². The Balaban J connectivity index is 2.05. The van der Waals surface area contributed by atoms with Crippen LogP contribution >= 0.6 is 0 Å². The zero-order valence-electron chi connectivity index (χ0n) is 17.7. The highest BCUT2D eigenvalue weighted by atomic mass is 19.1. The van der Waals surface area contributed by atoms with E-state index in [4.69, 9.17) is 0 Å². The van der Waals surface area contributed by atoms with Gasteiger partial charge in [0.15, 0.2) is 0 Å². The van der Waals surface area contributed by atoms with Crippen molar-refractivity contribution < 1.29 is 14.3 Å². The maximum atomic E-state index is 14.1. The molecule has 3 rings (SSSR count). The molecule has 1 amide bonds. The van der Waals surface area contributed by atoms with E-state index < -0.39 is 0 Å². The smallest absolute Gasteiger partial charge is 0.253 e. The van der Waals surface area contributed by atoms with E-state index in [1.165, 1.54) is 18.2 Å².